The zero-order valence-corrected chi connectivity index (χ0v) is 10.7. The Labute approximate surface area is 101 Å². The van der Waals surface area contributed by atoms with Gasteiger partial charge in [0.05, 0.1) is 11.4 Å². The van der Waals surface area contributed by atoms with Gasteiger partial charge in [0.1, 0.15) is 0 Å². The van der Waals surface area contributed by atoms with Gasteiger partial charge in [0.15, 0.2) is 0 Å². The molecule has 0 bridgehead atoms. The van der Waals surface area contributed by atoms with E-state index < -0.39 is 15.3 Å². The molecule has 1 aliphatic heterocycles. The number of hydrogen-bond donors (Lipinski definition) is 2. The highest BCUT2D eigenvalue weighted by Gasteiger charge is 2.27. The summed E-state index contributed by atoms with van der Waals surface area (Å²) in [5.41, 5.74) is 1.17. The zero-order chi connectivity index (χ0) is 12.5. The van der Waals surface area contributed by atoms with Crippen molar-refractivity contribution in [1.29, 1.82) is 0 Å². The Morgan fingerprint density at radius 3 is 2.82 bits per heavy atom. The maximum Gasteiger partial charge on any atom is 0.213 e. The van der Waals surface area contributed by atoms with Crippen molar-refractivity contribution in [2.24, 2.45) is 12.2 Å². The highest BCUT2D eigenvalue weighted by Crippen LogP contribution is 2.16. The molecule has 2 unspecified atom stereocenters. The van der Waals surface area contributed by atoms with E-state index >= 15 is 0 Å². The summed E-state index contributed by atoms with van der Waals surface area (Å²) in [6, 6.07) is 0.317. The van der Waals surface area contributed by atoms with Crippen LogP contribution >= 0.6 is 0 Å². The molecule has 2 rings (SSSR count). The van der Waals surface area contributed by atoms with Gasteiger partial charge in [-0.25, -0.2) is 13.6 Å². The highest BCUT2D eigenvalue weighted by molar-refractivity contribution is 7.89. The molecular weight excluding hydrogens is 240 g/mol. The molecule has 17 heavy (non-hydrogen) atoms. The Hall–Kier alpha value is -0.920. The number of nitrogens with zero attached hydrogens (tertiary/aromatic N) is 2. The van der Waals surface area contributed by atoms with Gasteiger partial charge in [-0.2, -0.15) is 5.10 Å². The lowest BCUT2D eigenvalue weighted by Crippen LogP contribution is -2.47. The van der Waals surface area contributed by atoms with Crippen LogP contribution in [0, 0.1) is 0 Å². The smallest absolute Gasteiger partial charge is 0.213 e. The Bertz CT molecular complexity index is 474. The number of piperidine rings is 1. The van der Waals surface area contributed by atoms with Crippen molar-refractivity contribution in [3.05, 3.63) is 18.0 Å². The van der Waals surface area contributed by atoms with E-state index in [4.69, 9.17) is 5.14 Å². The average Bonchev–Trinajstić information content (AvgIpc) is 2.63. The van der Waals surface area contributed by atoms with Crippen LogP contribution in [0.15, 0.2) is 12.4 Å². The molecule has 2 heterocycles. The normalized spacial score (nSPS) is 26.0. The van der Waals surface area contributed by atoms with Crippen LogP contribution in [0.2, 0.25) is 0 Å². The summed E-state index contributed by atoms with van der Waals surface area (Å²) in [7, 11) is -1.51. The molecule has 96 valence electrons. The maximum absolute atomic E-state index is 11.2. The Balaban J connectivity index is 1.87. The summed E-state index contributed by atoms with van der Waals surface area (Å²) in [5, 5.41) is 12.0. The van der Waals surface area contributed by atoms with Crippen LogP contribution in [-0.4, -0.2) is 36.0 Å². The van der Waals surface area contributed by atoms with Gasteiger partial charge >= 0.3 is 0 Å². The van der Waals surface area contributed by atoms with E-state index in [2.05, 4.69) is 10.4 Å². The zero-order valence-electron chi connectivity index (χ0n) is 9.83. The molecule has 1 aromatic rings. The van der Waals surface area contributed by atoms with Crippen LogP contribution < -0.4 is 10.5 Å². The predicted molar refractivity (Wildman–Crippen MR) is 64.8 cm³/mol. The molecule has 0 aliphatic carbocycles. The van der Waals surface area contributed by atoms with Crippen LogP contribution in [-0.2, 0) is 23.5 Å². The lowest BCUT2D eigenvalue weighted by atomic mass is 9.99. The molecule has 1 aliphatic rings. The average molecular weight is 258 g/mol. The number of rotatable bonds is 3. The van der Waals surface area contributed by atoms with Crippen LogP contribution in [0.3, 0.4) is 0 Å². The van der Waals surface area contributed by atoms with E-state index in [1.54, 1.807) is 4.68 Å². The van der Waals surface area contributed by atoms with Crippen LogP contribution in [0.4, 0.5) is 0 Å². The van der Waals surface area contributed by atoms with Crippen molar-refractivity contribution < 1.29 is 8.42 Å². The van der Waals surface area contributed by atoms with Crippen molar-refractivity contribution in [1.82, 2.24) is 15.1 Å². The van der Waals surface area contributed by atoms with Crippen molar-refractivity contribution in [2.45, 2.75) is 30.6 Å². The van der Waals surface area contributed by atoms with E-state index in [-0.39, 0.29) is 0 Å². The first-order valence-corrected chi connectivity index (χ1v) is 7.28. The molecular formula is C10H18N4O2S. The molecule has 0 radical (unpaired) electrons. The lowest BCUT2D eigenvalue weighted by molar-refractivity contribution is 0.396. The molecule has 0 aromatic carbocycles. The summed E-state index contributed by atoms with van der Waals surface area (Å²) >= 11 is 0. The lowest BCUT2D eigenvalue weighted by Gasteiger charge is -2.28. The van der Waals surface area contributed by atoms with E-state index in [0.29, 0.717) is 19.0 Å². The monoisotopic (exact) mass is 258 g/mol. The SMILES string of the molecule is Cn1cc(CC2CCC(S(N)(=O)=O)CN2)cn1. The summed E-state index contributed by atoms with van der Waals surface area (Å²) in [5.74, 6) is 0. The molecule has 0 spiro atoms. The molecule has 6 nitrogen and oxygen atoms in total. The van der Waals surface area contributed by atoms with Gasteiger partial charge in [0.25, 0.3) is 0 Å². The highest BCUT2D eigenvalue weighted by atomic mass is 32.2. The Kier molecular flexibility index (Phi) is 3.50. The van der Waals surface area contributed by atoms with Crippen LogP contribution in [0.5, 0.6) is 0 Å². The Morgan fingerprint density at radius 2 is 2.35 bits per heavy atom. The second kappa shape index (κ2) is 4.75. The third-order valence-electron chi connectivity index (χ3n) is 3.18. The van der Waals surface area contributed by atoms with Gasteiger partial charge < -0.3 is 5.32 Å². The third kappa shape index (κ3) is 3.27. The fourth-order valence-corrected chi connectivity index (χ4v) is 3.00. The van der Waals surface area contributed by atoms with Crippen molar-refractivity contribution in [2.75, 3.05) is 6.54 Å². The fraction of sp³-hybridized carbons (Fsp3) is 0.700. The number of aromatic nitrogens is 2. The van der Waals surface area contributed by atoms with Gasteiger partial charge in [-0.15, -0.1) is 0 Å². The minimum Gasteiger partial charge on any atom is -0.312 e. The second-order valence-electron chi connectivity index (χ2n) is 4.62. The standard InChI is InChI=1S/C10H18N4O2S/c1-14-7-8(5-13-14)4-9-2-3-10(6-12-9)17(11,15)16/h5,7,9-10,12H,2-4,6H2,1H3,(H2,11,15,16). The number of hydrogen-bond acceptors (Lipinski definition) is 4. The van der Waals surface area contributed by atoms with Gasteiger partial charge in [-0.05, 0) is 24.8 Å². The molecule has 0 amide bonds. The number of nitrogens with one attached hydrogen (secondary N) is 1. The topological polar surface area (TPSA) is 90.0 Å². The first kappa shape index (κ1) is 12.5. The minimum absolute atomic E-state index is 0.317. The molecule has 2 atom stereocenters. The fourth-order valence-electron chi connectivity index (χ4n) is 2.21. The van der Waals surface area contributed by atoms with Crippen LogP contribution in [0.1, 0.15) is 18.4 Å². The van der Waals surface area contributed by atoms with Gasteiger partial charge in [-0.1, -0.05) is 0 Å². The predicted octanol–water partition coefficient (Wildman–Crippen LogP) is -0.628. The largest absolute Gasteiger partial charge is 0.312 e. The quantitative estimate of drug-likeness (QED) is 0.755. The number of primary sulfonamides is 1. The molecule has 1 saturated heterocycles. The summed E-state index contributed by atoms with van der Waals surface area (Å²) in [6.07, 6.45) is 6.17. The van der Waals surface area contributed by atoms with E-state index in [0.717, 1.165) is 12.8 Å². The van der Waals surface area contributed by atoms with Crippen LogP contribution in [0.25, 0.3) is 0 Å². The summed E-state index contributed by atoms with van der Waals surface area (Å²) in [4.78, 5) is 0. The number of nitrogens with two attached hydrogens (primary N) is 1. The third-order valence-corrected chi connectivity index (χ3v) is 4.51. The molecule has 1 fully saturated rings. The van der Waals surface area contributed by atoms with Crippen molar-refractivity contribution >= 4 is 10.0 Å². The summed E-state index contributed by atoms with van der Waals surface area (Å²) < 4.78 is 24.1. The molecule has 3 N–H and O–H groups in total. The number of sulfonamides is 1. The van der Waals surface area contributed by atoms with E-state index in [9.17, 15) is 8.42 Å². The Morgan fingerprint density at radius 1 is 1.59 bits per heavy atom. The minimum atomic E-state index is -3.40. The van der Waals surface area contributed by atoms with E-state index in [1.807, 2.05) is 19.4 Å². The van der Waals surface area contributed by atoms with Gasteiger partial charge in [-0.3, -0.25) is 4.68 Å². The maximum atomic E-state index is 11.2. The van der Waals surface area contributed by atoms with Crippen molar-refractivity contribution in [3.8, 4) is 0 Å². The van der Waals surface area contributed by atoms with Crippen molar-refractivity contribution in [3.63, 3.8) is 0 Å². The molecule has 7 heteroatoms. The second-order valence-corrected chi connectivity index (χ2v) is 6.46. The molecule has 0 saturated carbocycles. The van der Waals surface area contributed by atoms with E-state index in [1.165, 1.54) is 5.56 Å². The first-order chi connectivity index (χ1) is 7.95. The van der Waals surface area contributed by atoms with Gasteiger partial charge in [0.2, 0.25) is 10.0 Å². The molecule has 1 aromatic heterocycles. The first-order valence-electron chi connectivity index (χ1n) is 5.67. The summed E-state index contributed by atoms with van der Waals surface area (Å²) in [6.45, 7) is 0.448. The van der Waals surface area contributed by atoms with Gasteiger partial charge in [0, 0.05) is 25.8 Å². The number of aryl methyl sites for hydroxylation is 1.